The van der Waals surface area contributed by atoms with Gasteiger partial charge in [0.05, 0.1) is 11.1 Å². The van der Waals surface area contributed by atoms with Crippen LogP contribution in [0.4, 0.5) is 5.69 Å². The number of anilines is 1. The summed E-state index contributed by atoms with van der Waals surface area (Å²) in [7, 11) is 0. The van der Waals surface area contributed by atoms with Crippen LogP contribution in [0.3, 0.4) is 0 Å². The number of fused-ring (bicyclic) bond motifs is 6. The molecular weight excluding hydrogens is 524 g/mol. The van der Waals surface area contributed by atoms with Crippen molar-refractivity contribution in [3.8, 4) is 23.0 Å². The van der Waals surface area contributed by atoms with Gasteiger partial charge in [0, 0.05) is 35.1 Å². The first-order valence-corrected chi connectivity index (χ1v) is 14.0. The van der Waals surface area contributed by atoms with Crippen molar-refractivity contribution in [1.82, 2.24) is 0 Å². The molecule has 1 atom stereocenters. The lowest BCUT2D eigenvalue weighted by molar-refractivity contribution is -0.116. The second kappa shape index (κ2) is 12.2. The number of rotatable bonds is 12. The average molecular weight is 557 g/mol. The Labute approximate surface area is 237 Å². The van der Waals surface area contributed by atoms with Gasteiger partial charge >= 0.3 is 5.97 Å². The van der Waals surface area contributed by atoms with E-state index in [1.54, 1.807) is 30.3 Å². The summed E-state index contributed by atoms with van der Waals surface area (Å²) in [5.41, 5.74) is 9.01. The minimum absolute atomic E-state index is 0.0427. The number of amides is 1. The number of nitrogens with zero attached hydrogens (tertiary/aromatic N) is 3. The van der Waals surface area contributed by atoms with Crippen molar-refractivity contribution in [2.24, 2.45) is 5.11 Å². The molecule has 0 fully saturated rings. The Balaban J connectivity index is 1.30. The second-order valence-corrected chi connectivity index (χ2v) is 10.3. The van der Waals surface area contributed by atoms with E-state index in [9.17, 15) is 19.8 Å². The fourth-order valence-electron chi connectivity index (χ4n) is 5.61. The molecule has 0 saturated heterocycles. The summed E-state index contributed by atoms with van der Waals surface area (Å²) in [6.07, 6.45) is 8.14. The van der Waals surface area contributed by atoms with Crippen LogP contribution in [0.2, 0.25) is 0 Å². The molecule has 10 heteroatoms. The summed E-state index contributed by atoms with van der Waals surface area (Å²) < 4.78 is 12.3. The van der Waals surface area contributed by atoms with Crippen molar-refractivity contribution >= 4 is 17.6 Å². The van der Waals surface area contributed by atoms with Crippen molar-refractivity contribution in [3.63, 3.8) is 0 Å². The normalized spacial score (nSPS) is 16.1. The Morgan fingerprint density at radius 1 is 0.902 bits per heavy atom. The highest BCUT2D eigenvalue weighted by molar-refractivity contribution is 5.99. The standard InChI is InChI=1S/C31H32N4O6/c32-35-33-18-10-6-4-2-1-3-5-7-13-27(38)34-28-25(37)17-16-24-29(28)40-26-19-20(36)14-15-23(26)31(24)22-12-9-8-11-21(22)30(39)41-31/h8-9,11-12,14-17,19,36-37H,1-7,10,13,18H2,(H,34,38). The van der Waals surface area contributed by atoms with E-state index in [0.29, 0.717) is 35.2 Å². The van der Waals surface area contributed by atoms with Gasteiger partial charge < -0.3 is 25.0 Å². The summed E-state index contributed by atoms with van der Waals surface area (Å²) in [5.74, 6) is -0.593. The van der Waals surface area contributed by atoms with Crippen LogP contribution in [0.1, 0.15) is 84.8 Å². The predicted octanol–water partition coefficient (Wildman–Crippen LogP) is 7.43. The largest absolute Gasteiger partial charge is 0.508 e. The van der Waals surface area contributed by atoms with E-state index in [1.807, 2.05) is 6.07 Å². The number of esters is 1. The first-order valence-electron chi connectivity index (χ1n) is 14.0. The molecule has 0 aliphatic carbocycles. The molecule has 10 nitrogen and oxygen atoms in total. The van der Waals surface area contributed by atoms with Crippen LogP contribution in [0.25, 0.3) is 10.4 Å². The van der Waals surface area contributed by atoms with Crippen molar-refractivity contribution < 1.29 is 29.3 Å². The van der Waals surface area contributed by atoms with Gasteiger partial charge in [-0.05, 0) is 48.7 Å². The number of hydrogen-bond donors (Lipinski definition) is 3. The summed E-state index contributed by atoms with van der Waals surface area (Å²) in [6, 6.07) is 14.7. The second-order valence-electron chi connectivity index (χ2n) is 10.3. The fourth-order valence-corrected chi connectivity index (χ4v) is 5.61. The van der Waals surface area contributed by atoms with E-state index < -0.39 is 11.6 Å². The maximum Gasteiger partial charge on any atom is 0.340 e. The van der Waals surface area contributed by atoms with Gasteiger partial charge in [-0.15, -0.1) is 0 Å². The third-order valence-electron chi connectivity index (χ3n) is 7.58. The summed E-state index contributed by atoms with van der Waals surface area (Å²) in [6.45, 7) is 0.547. The highest BCUT2D eigenvalue weighted by atomic mass is 16.6. The topological polar surface area (TPSA) is 154 Å². The zero-order valence-corrected chi connectivity index (χ0v) is 22.6. The molecule has 1 amide bonds. The fraction of sp³-hybridized carbons (Fsp3) is 0.355. The van der Waals surface area contributed by atoms with Gasteiger partial charge in [0.1, 0.15) is 22.9 Å². The van der Waals surface area contributed by atoms with E-state index >= 15 is 0 Å². The highest BCUT2D eigenvalue weighted by Gasteiger charge is 2.54. The Morgan fingerprint density at radius 3 is 2.39 bits per heavy atom. The molecule has 5 rings (SSSR count). The molecule has 3 aromatic rings. The molecule has 3 aromatic carbocycles. The van der Waals surface area contributed by atoms with Crippen LogP contribution in [0.5, 0.6) is 23.0 Å². The molecule has 212 valence electrons. The third-order valence-corrected chi connectivity index (χ3v) is 7.58. The first kappa shape index (κ1) is 27.9. The van der Waals surface area contributed by atoms with Gasteiger partial charge in [-0.2, -0.15) is 0 Å². The third kappa shape index (κ3) is 5.51. The molecule has 0 radical (unpaired) electrons. The number of carbonyl (C=O) groups is 2. The number of aromatic hydroxyl groups is 2. The van der Waals surface area contributed by atoms with Crippen LogP contribution in [-0.2, 0) is 15.1 Å². The van der Waals surface area contributed by atoms with Crippen LogP contribution in [0, 0.1) is 0 Å². The number of ether oxygens (including phenoxy) is 2. The molecule has 1 spiro atoms. The summed E-state index contributed by atoms with van der Waals surface area (Å²) in [4.78, 5) is 28.7. The predicted molar refractivity (Wildman–Crippen MR) is 152 cm³/mol. The highest BCUT2D eigenvalue weighted by Crippen LogP contribution is 2.59. The number of phenolic OH excluding ortho intramolecular Hbond substituents is 2. The van der Waals surface area contributed by atoms with Gasteiger partial charge in [0.15, 0.2) is 11.4 Å². The van der Waals surface area contributed by atoms with Gasteiger partial charge in [0.2, 0.25) is 5.91 Å². The quantitative estimate of drug-likeness (QED) is 0.0526. The lowest BCUT2D eigenvalue weighted by Gasteiger charge is -2.37. The molecule has 0 bridgehead atoms. The lowest BCUT2D eigenvalue weighted by Crippen LogP contribution is -2.33. The Kier molecular flexibility index (Phi) is 8.31. The van der Waals surface area contributed by atoms with E-state index in [-0.39, 0.29) is 41.0 Å². The van der Waals surface area contributed by atoms with Gasteiger partial charge in [-0.1, -0.05) is 61.8 Å². The smallest absolute Gasteiger partial charge is 0.340 e. The molecule has 2 aliphatic rings. The SMILES string of the molecule is [N-]=[N+]=NCCCCCCCCCCC(=O)Nc1c(O)ccc2c1Oc1cc(O)ccc1C21OC(=O)c2ccccc21. The number of phenols is 2. The monoisotopic (exact) mass is 556 g/mol. The minimum Gasteiger partial charge on any atom is -0.508 e. The zero-order valence-electron chi connectivity index (χ0n) is 22.6. The molecule has 3 N–H and O–H groups in total. The van der Waals surface area contributed by atoms with Crippen molar-refractivity contribution in [2.45, 2.75) is 63.4 Å². The van der Waals surface area contributed by atoms with Gasteiger partial charge in [-0.25, -0.2) is 4.79 Å². The number of unbranched alkanes of at least 4 members (excludes halogenated alkanes) is 7. The molecule has 1 unspecified atom stereocenters. The van der Waals surface area contributed by atoms with E-state index in [1.165, 1.54) is 18.2 Å². The van der Waals surface area contributed by atoms with Crippen molar-refractivity contribution in [2.75, 3.05) is 11.9 Å². The number of carbonyl (C=O) groups excluding carboxylic acids is 2. The number of benzene rings is 3. The zero-order chi connectivity index (χ0) is 28.8. The van der Waals surface area contributed by atoms with Crippen LogP contribution in [0.15, 0.2) is 59.7 Å². The van der Waals surface area contributed by atoms with Crippen LogP contribution < -0.4 is 10.1 Å². The maximum absolute atomic E-state index is 13.0. The average Bonchev–Trinajstić information content (AvgIpc) is 3.26. The number of hydrogen-bond acceptors (Lipinski definition) is 7. The van der Waals surface area contributed by atoms with E-state index in [0.717, 1.165) is 44.9 Å². The van der Waals surface area contributed by atoms with Crippen LogP contribution >= 0.6 is 0 Å². The lowest BCUT2D eigenvalue weighted by atomic mass is 9.77. The summed E-state index contributed by atoms with van der Waals surface area (Å²) in [5, 5.41) is 27.3. The van der Waals surface area contributed by atoms with Gasteiger partial charge in [-0.3, -0.25) is 4.79 Å². The van der Waals surface area contributed by atoms with Crippen molar-refractivity contribution in [1.29, 1.82) is 0 Å². The molecular formula is C31H32N4O6. The van der Waals surface area contributed by atoms with E-state index in [2.05, 4.69) is 15.3 Å². The van der Waals surface area contributed by atoms with Crippen molar-refractivity contribution in [3.05, 3.63) is 87.3 Å². The molecule has 2 aliphatic heterocycles. The number of nitrogens with one attached hydrogen (secondary N) is 1. The Hall–Kier alpha value is -4.69. The molecule has 41 heavy (non-hydrogen) atoms. The molecule has 2 heterocycles. The first-order chi connectivity index (χ1) is 20.0. The molecule has 0 saturated carbocycles. The Morgan fingerprint density at radius 2 is 1.61 bits per heavy atom. The summed E-state index contributed by atoms with van der Waals surface area (Å²) >= 11 is 0. The van der Waals surface area contributed by atoms with Crippen LogP contribution in [-0.4, -0.2) is 28.6 Å². The number of azide groups is 1. The minimum atomic E-state index is -1.37. The van der Waals surface area contributed by atoms with E-state index in [4.69, 9.17) is 15.0 Å². The maximum atomic E-state index is 13.0. The molecule has 0 aromatic heterocycles. The van der Waals surface area contributed by atoms with Gasteiger partial charge in [0.25, 0.3) is 0 Å². The Bertz CT molecular complexity index is 1520.